The predicted molar refractivity (Wildman–Crippen MR) is 94.2 cm³/mol. The van der Waals surface area contributed by atoms with Gasteiger partial charge in [0.1, 0.15) is 11.6 Å². The summed E-state index contributed by atoms with van der Waals surface area (Å²) >= 11 is 0. The minimum absolute atomic E-state index is 0.0705. The molecule has 0 bridgehead atoms. The lowest BCUT2D eigenvalue weighted by Crippen LogP contribution is -2.48. The Kier molecular flexibility index (Phi) is 5.56. The van der Waals surface area contributed by atoms with Gasteiger partial charge in [-0.05, 0) is 17.7 Å². The van der Waals surface area contributed by atoms with Crippen LogP contribution < -0.4 is 0 Å². The summed E-state index contributed by atoms with van der Waals surface area (Å²) in [5.74, 6) is -1.86. The van der Waals surface area contributed by atoms with Crippen molar-refractivity contribution in [2.24, 2.45) is 0 Å². The molecule has 130 valence electrons. The first-order chi connectivity index (χ1) is 12.1. The van der Waals surface area contributed by atoms with Crippen molar-refractivity contribution < 1.29 is 13.6 Å². The number of piperazine rings is 1. The van der Waals surface area contributed by atoms with E-state index in [9.17, 15) is 13.6 Å². The summed E-state index contributed by atoms with van der Waals surface area (Å²) in [4.78, 5) is 16.2. The fourth-order valence-corrected chi connectivity index (χ4v) is 2.87. The Labute approximate surface area is 146 Å². The lowest BCUT2D eigenvalue weighted by Gasteiger charge is -2.34. The van der Waals surface area contributed by atoms with E-state index in [0.717, 1.165) is 37.3 Å². The van der Waals surface area contributed by atoms with Gasteiger partial charge in [0.05, 0.1) is 5.56 Å². The molecular formula is C20H20F2N2O. The van der Waals surface area contributed by atoms with Crippen LogP contribution in [-0.4, -0.2) is 48.4 Å². The van der Waals surface area contributed by atoms with Crippen LogP contribution in [0.3, 0.4) is 0 Å². The molecule has 3 rings (SSSR count). The van der Waals surface area contributed by atoms with Crippen LogP contribution in [0.15, 0.2) is 54.6 Å². The molecule has 0 aliphatic carbocycles. The van der Waals surface area contributed by atoms with Gasteiger partial charge in [-0.25, -0.2) is 8.78 Å². The predicted octanol–water partition coefficient (Wildman–Crippen LogP) is 3.44. The van der Waals surface area contributed by atoms with E-state index in [1.807, 2.05) is 30.3 Å². The molecule has 1 amide bonds. The summed E-state index contributed by atoms with van der Waals surface area (Å²) in [5, 5.41) is 0. The SMILES string of the molecule is O=C(c1ccc(F)cc1F)N1CCN(C/C=C/c2ccccc2)CC1. The molecule has 0 N–H and O–H groups in total. The molecule has 0 spiro atoms. The second kappa shape index (κ2) is 8.03. The van der Waals surface area contributed by atoms with Crippen molar-refractivity contribution in [2.45, 2.75) is 0 Å². The number of rotatable bonds is 4. The van der Waals surface area contributed by atoms with Crippen LogP contribution in [0.5, 0.6) is 0 Å². The molecule has 1 saturated heterocycles. The van der Waals surface area contributed by atoms with Crippen LogP contribution in [0.2, 0.25) is 0 Å². The Hall–Kier alpha value is -2.53. The summed E-state index contributed by atoms with van der Waals surface area (Å²) in [6.07, 6.45) is 4.18. The standard InChI is InChI=1S/C20H20F2N2O/c21-17-8-9-18(19(22)15-17)20(25)24-13-11-23(12-14-24)10-4-7-16-5-2-1-3-6-16/h1-9,15H,10-14H2/b7-4+. The van der Waals surface area contributed by atoms with Gasteiger partial charge in [-0.15, -0.1) is 0 Å². The minimum Gasteiger partial charge on any atom is -0.336 e. The maximum absolute atomic E-state index is 13.8. The summed E-state index contributed by atoms with van der Waals surface area (Å²) in [5.41, 5.74) is 1.09. The van der Waals surface area contributed by atoms with Gasteiger partial charge in [-0.1, -0.05) is 42.5 Å². The largest absolute Gasteiger partial charge is 0.336 e. The number of halogens is 2. The van der Waals surface area contributed by atoms with Crippen molar-refractivity contribution in [2.75, 3.05) is 32.7 Å². The second-order valence-corrected chi connectivity index (χ2v) is 6.03. The molecule has 1 fully saturated rings. The highest BCUT2D eigenvalue weighted by Gasteiger charge is 2.23. The first kappa shape index (κ1) is 17.3. The average molecular weight is 342 g/mol. The van der Waals surface area contributed by atoms with Gasteiger partial charge in [0, 0.05) is 38.8 Å². The molecule has 5 heteroatoms. The van der Waals surface area contributed by atoms with Crippen LogP contribution in [0.25, 0.3) is 6.08 Å². The highest BCUT2D eigenvalue weighted by molar-refractivity contribution is 5.94. The monoisotopic (exact) mass is 342 g/mol. The fourth-order valence-electron chi connectivity index (χ4n) is 2.87. The number of hydrogen-bond acceptors (Lipinski definition) is 2. The summed E-state index contributed by atoms with van der Waals surface area (Å²) in [6, 6.07) is 13.1. The minimum atomic E-state index is -0.807. The normalized spacial score (nSPS) is 15.7. The van der Waals surface area contributed by atoms with Crippen molar-refractivity contribution in [3.63, 3.8) is 0 Å². The van der Waals surface area contributed by atoms with E-state index in [1.54, 1.807) is 4.90 Å². The number of carbonyl (C=O) groups excluding carboxylic acids is 1. The lowest BCUT2D eigenvalue weighted by atomic mass is 10.1. The van der Waals surface area contributed by atoms with Gasteiger partial charge in [-0.3, -0.25) is 9.69 Å². The molecular weight excluding hydrogens is 322 g/mol. The van der Waals surface area contributed by atoms with Gasteiger partial charge in [0.2, 0.25) is 0 Å². The molecule has 1 aliphatic heterocycles. The zero-order valence-electron chi connectivity index (χ0n) is 13.9. The number of amides is 1. The van der Waals surface area contributed by atoms with E-state index in [4.69, 9.17) is 0 Å². The Morgan fingerprint density at radius 2 is 1.72 bits per heavy atom. The van der Waals surface area contributed by atoms with E-state index in [-0.39, 0.29) is 11.5 Å². The van der Waals surface area contributed by atoms with Crippen LogP contribution in [-0.2, 0) is 0 Å². The molecule has 0 radical (unpaired) electrons. The molecule has 1 aliphatic rings. The van der Waals surface area contributed by atoms with Gasteiger partial charge >= 0.3 is 0 Å². The van der Waals surface area contributed by atoms with E-state index in [0.29, 0.717) is 13.1 Å². The second-order valence-electron chi connectivity index (χ2n) is 6.03. The summed E-state index contributed by atoms with van der Waals surface area (Å²) < 4.78 is 26.7. The van der Waals surface area contributed by atoms with E-state index in [2.05, 4.69) is 17.1 Å². The molecule has 0 saturated carbocycles. The van der Waals surface area contributed by atoms with Crippen LogP contribution in [0.1, 0.15) is 15.9 Å². The molecule has 25 heavy (non-hydrogen) atoms. The number of benzene rings is 2. The van der Waals surface area contributed by atoms with Crippen LogP contribution in [0, 0.1) is 11.6 Å². The van der Waals surface area contributed by atoms with Crippen molar-refractivity contribution in [1.29, 1.82) is 0 Å². The molecule has 0 atom stereocenters. The van der Waals surface area contributed by atoms with Gasteiger partial charge in [0.25, 0.3) is 5.91 Å². The number of nitrogens with zero attached hydrogens (tertiary/aromatic N) is 2. The van der Waals surface area contributed by atoms with Crippen molar-refractivity contribution >= 4 is 12.0 Å². The molecule has 2 aromatic rings. The Balaban J connectivity index is 1.51. The van der Waals surface area contributed by atoms with E-state index < -0.39 is 11.6 Å². The third kappa shape index (κ3) is 4.51. The third-order valence-electron chi connectivity index (χ3n) is 4.29. The van der Waals surface area contributed by atoms with Crippen LogP contribution in [0.4, 0.5) is 8.78 Å². The van der Waals surface area contributed by atoms with Gasteiger partial charge in [0.15, 0.2) is 0 Å². The molecule has 3 nitrogen and oxygen atoms in total. The Bertz CT molecular complexity index is 754. The average Bonchev–Trinajstić information content (AvgIpc) is 2.63. The fraction of sp³-hybridized carbons (Fsp3) is 0.250. The third-order valence-corrected chi connectivity index (χ3v) is 4.29. The number of carbonyl (C=O) groups is 1. The van der Waals surface area contributed by atoms with Crippen molar-refractivity contribution in [3.05, 3.63) is 77.4 Å². The molecule has 0 aromatic heterocycles. The zero-order valence-corrected chi connectivity index (χ0v) is 13.9. The van der Waals surface area contributed by atoms with Gasteiger partial charge in [-0.2, -0.15) is 0 Å². The highest BCUT2D eigenvalue weighted by atomic mass is 19.1. The van der Waals surface area contributed by atoms with E-state index in [1.165, 1.54) is 6.07 Å². The molecule has 1 heterocycles. The first-order valence-corrected chi connectivity index (χ1v) is 8.32. The molecule has 2 aromatic carbocycles. The zero-order chi connectivity index (χ0) is 17.6. The Morgan fingerprint density at radius 3 is 2.40 bits per heavy atom. The van der Waals surface area contributed by atoms with Crippen LogP contribution >= 0.6 is 0 Å². The summed E-state index contributed by atoms with van der Waals surface area (Å²) in [6.45, 7) is 3.34. The first-order valence-electron chi connectivity index (χ1n) is 8.32. The van der Waals surface area contributed by atoms with Gasteiger partial charge < -0.3 is 4.90 Å². The Morgan fingerprint density at radius 1 is 1.00 bits per heavy atom. The van der Waals surface area contributed by atoms with Crippen molar-refractivity contribution in [3.8, 4) is 0 Å². The summed E-state index contributed by atoms with van der Waals surface area (Å²) in [7, 11) is 0. The number of hydrogen-bond donors (Lipinski definition) is 0. The smallest absolute Gasteiger partial charge is 0.256 e. The maximum atomic E-state index is 13.8. The van der Waals surface area contributed by atoms with Crippen molar-refractivity contribution in [1.82, 2.24) is 9.80 Å². The maximum Gasteiger partial charge on any atom is 0.256 e. The lowest BCUT2D eigenvalue weighted by molar-refractivity contribution is 0.0645. The highest BCUT2D eigenvalue weighted by Crippen LogP contribution is 2.14. The quantitative estimate of drug-likeness (QED) is 0.850. The topological polar surface area (TPSA) is 23.6 Å². The molecule has 0 unspecified atom stereocenters. The van der Waals surface area contributed by atoms with E-state index >= 15 is 0 Å².